The van der Waals surface area contributed by atoms with Crippen LogP contribution in [0.3, 0.4) is 0 Å². The van der Waals surface area contributed by atoms with Gasteiger partial charge in [-0.1, -0.05) is 119 Å². The zero-order valence-corrected chi connectivity index (χ0v) is 30.0. The first-order valence-corrected chi connectivity index (χ1v) is 16.6. The lowest BCUT2D eigenvalue weighted by Crippen LogP contribution is -2.20. The van der Waals surface area contributed by atoms with Crippen molar-refractivity contribution in [2.24, 2.45) is 0 Å². The molecule has 1 nitrogen and oxygen atoms in total. The fourth-order valence-corrected chi connectivity index (χ4v) is 6.56. The highest BCUT2D eigenvalue weighted by Gasteiger charge is 2.29. The van der Waals surface area contributed by atoms with Crippen LogP contribution in [0.2, 0.25) is 0 Å². The predicted molar refractivity (Wildman–Crippen MR) is 190 cm³/mol. The van der Waals surface area contributed by atoms with Gasteiger partial charge in [0.05, 0.1) is 11.6 Å². The summed E-state index contributed by atoms with van der Waals surface area (Å²) < 4.78 is 0. The second-order valence-corrected chi connectivity index (χ2v) is 17.8. The third-order valence-electron chi connectivity index (χ3n) is 8.80. The van der Waals surface area contributed by atoms with Crippen LogP contribution in [0.4, 0.5) is 5.69 Å². The molecular formula is C40H55NS. The predicted octanol–water partition coefficient (Wildman–Crippen LogP) is 12.3. The van der Waals surface area contributed by atoms with E-state index in [2.05, 4.69) is 157 Å². The van der Waals surface area contributed by atoms with Crippen LogP contribution in [0.25, 0.3) is 22.3 Å². The summed E-state index contributed by atoms with van der Waals surface area (Å²) in [6.45, 7) is 34.8. The number of hydrogen-bond donors (Lipinski definition) is 0. The van der Waals surface area contributed by atoms with Gasteiger partial charge in [0.2, 0.25) is 0 Å². The van der Waals surface area contributed by atoms with Crippen LogP contribution < -0.4 is 4.90 Å². The van der Waals surface area contributed by atoms with Crippen molar-refractivity contribution in [2.45, 2.75) is 126 Å². The van der Waals surface area contributed by atoms with Crippen LogP contribution in [0.1, 0.15) is 125 Å². The molecule has 0 spiro atoms. The van der Waals surface area contributed by atoms with Crippen molar-refractivity contribution in [1.82, 2.24) is 0 Å². The lowest BCUT2D eigenvalue weighted by Gasteiger charge is -2.31. The molecule has 0 aliphatic carbocycles. The molecule has 1 aliphatic rings. The van der Waals surface area contributed by atoms with Crippen molar-refractivity contribution in [2.75, 3.05) is 10.8 Å². The lowest BCUT2D eigenvalue weighted by atomic mass is 9.77. The Kier molecular flexibility index (Phi) is 8.44. The summed E-state index contributed by atoms with van der Waals surface area (Å²) in [6.07, 6.45) is 0. The van der Waals surface area contributed by atoms with E-state index in [1.165, 1.54) is 66.4 Å². The number of hydrogen-bond acceptors (Lipinski definition) is 2. The second kappa shape index (κ2) is 10.9. The standard InChI is InChI=1S/C40H55NS/c1-25-16-34(28-18-30(37(4,5)6)22-31(19-28)38(7,8)9)36(41-24-42-27(3)26(41)2)35(17-25)29-20-32(39(10,11)12)23-33(21-29)40(13,14)15/h16-23H,24H2,1-15H3. The second-order valence-electron chi connectivity index (χ2n) is 16.6. The smallest absolute Gasteiger partial charge is 0.0729 e. The molecule has 3 aromatic carbocycles. The van der Waals surface area contributed by atoms with Gasteiger partial charge in [-0.05, 0) is 93.5 Å². The maximum Gasteiger partial charge on any atom is 0.0729 e. The van der Waals surface area contributed by atoms with E-state index in [4.69, 9.17) is 0 Å². The molecule has 0 aromatic heterocycles. The third kappa shape index (κ3) is 6.70. The van der Waals surface area contributed by atoms with Crippen LogP contribution in [-0.2, 0) is 21.7 Å². The lowest BCUT2D eigenvalue weighted by molar-refractivity contribution is 0.568. The van der Waals surface area contributed by atoms with Crippen LogP contribution in [0, 0.1) is 6.92 Å². The fraction of sp³-hybridized carbons (Fsp3) is 0.500. The first kappa shape index (κ1) is 32.5. The van der Waals surface area contributed by atoms with Gasteiger partial charge in [0.25, 0.3) is 0 Å². The fourth-order valence-electron chi connectivity index (χ4n) is 5.59. The zero-order valence-electron chi connectivity index (χ0n) is 29.2. The Bertz CT molecular complexity index is 1360. The number of benzene rings is 3. The molecule has 0 N–H and O–H groups in total. The monoisotopic (exact) mass is 581 g/mol. The van der Waals surface area contributed by atoms with Crippen LogP contribution in [0.15, 0.2) is 59.1 Å². The molecule has 4 rings (SSSR count). The Labute approximate surface area is 262 Å². The van der Waals surface area contributed by atoms with E-state index < -0.39 is 0 Å². The molecule has 226 valence electrons. The highest BCUT2D eigenvalue weighted by molar-refractivity contribution is 8.03. The molecule has 1 heterocycles. The van der Waals surface area contributed by atoms with Gasteiger partial charge < -0.3 is 4.90 Å². The van der Waals surface area contributed by atoms with E-state index in [0.29, 0.717) is 0 Å². The van der Waals surface area contributed by atoms with Crippen molar-refractivity contribution in [3.05, 3.63) is 87.0 Å². The molecule has 0 bridgehead atoms. The Morgan fingerprint density at radius 1 is 0.500 bits per heavy atom. The van der Waals surface area contributed by atoms with E-state index in [9.17, 15) is 0 Å². The highest BCUT2D eigenvalue weighted by Crippen LogP contribution is 2.48. The van der Waals surface area contributed by atoms with Crippen LogP contribution in [-0.4, -0.2) is 5.88 Å². The van der Waals surface area contributed by atoms with Gasteiger partial charge in [0.15, 0.2) is 0 Å². The number of anilines is 1. The summed E-state index contributed by atoms with van der Waals surface area (Å²) in [7, 11) is 0. The van der Waals surface area contributed by atoms with Crippen LogP contribution >= 0.6 is 11.8 Å². The molecule has 2 heteroatoms. The number of thioether (sulfide) groups is 1. The maximum absolute atomic E-state index is 2.57. The Morgan fingerprint density at radius 3 is 1.10 bits per heavy atom. The quantitative estimate of drug-likeness (QED) is 0.303. The summed E-state index contributed by atoms with van der Waals surface area (Å²) in [6, 6.07) is 19.6. The van der Waals surface area contributed by atoms with E-state index in [-0.39, 0.29) is 21.7 Å². The van der Waals surface area contributed by atoms with Crippen LogP contribution in [0.5, 0.6) is 0 Å². The van der Waals surface area contributed by atoms with Gasteiger partial charge in [-0.2, -0.15) is 0 Å². The summed E-state index contributed by atoms with van der Waals surface area (Å²) in [5.41, 5.74) is 15.1. The molecule has 0 saturated heterocycles. The number of rotatable bonds is 3. The molecule has 42 heavy (non-hydrogen) atoms. The van der Waals surface area contributed by atoms with Crippen molar-refractivity contribution in [3.8, 4) is 22.3 Å². The van der Waals surface area contributed by atoms with E-state index in [1.807, 2.05) is 11.8 Å². The van der Waals surface area contributed by atoms with E-state index in [1.54, 1.807) is 0 Å². The van der Waals surface area contributed by atoms with Gasteiger partial charge >= 0.3 is 0 Å². The van der Waals surface area contributed by atoms with Gasteiger partial charge in [-0.15, -0.1) is 11.8 Å². The minimum Gasteiger partial charge on any atom is -0.334 e. The highest BCUT2D eigenvalue weighted by atomic mass is 32.2. The molecule has 0 atom stereocenters. The Morgan fingerprint density at radius 2 is 0.833 bits per heavy atom. The first-order valence-electron chi connectivity index (χ1n) is 15.6. The molecule has 0 unspecified atom stereocenters. The molecule has 0 saturated carbocycles. The number of aryl methyl sites for hydroxylation is 1. The minimum atomic E-state index is 0.0569. The molecule has 3 aromatic rings. The van der Waals surface area contributed by atoms with Crippen molar-refractivity contribution < 1.29 is 0 Å². The summed E-state index contributed by atoms with van der Waals surface area (Å²) in [5, 5.41) is 0. The molecule has 1 aliphatic heterocycles. The SMILES string of the molecule is CC1=C(C)N(c2c(-c3cc(C(C)(C)C)cc(C(C)(C)C)c3)cc(C)cc2-c2cc(C(C)(C)C)cc(C(C)(C)C)c2)CS1. The van der Waals surface area contributed by atoms with Gasteiger partial charge in [-0.25, -0.2) is 0 Å². The Balaban J connectivity index is 2.16. The average molecular weight is 582 g/mol. The van der Waals surface area contributed by atoms with E-state index in [0.717, 1.165) is 5.88 Å². The molecule has 0 amide bonds. The number of nitrogens with zero attached hydrogens (tertiary/aromatic N) is 1. The van der Waals surface area contributed by atoms with E-state index >= 15 is 0 Å². The minimum absolute atomic E-state index is 0.0569. The van der Waals surface area contributed by atoms with Gasteiger partial charge in [-0.3, -0.25) is 0 Å². The van der Waals surface area contributed by atoms with Crippen molar-refractivity contribution in [3.63, 3.8) is 0 Å². The van der Waals surface area contributed by atoms with Crippen molar-refractivity contribution >= 4 is 17.4 Å². The normalized spacial score (nSPS) is 15.2. The topological polar surface area (TPSA) is 3.24 Å². The van der Waals surface area contributed by atoms with Gasteiger partial charge in [0.1, 0.15) is 0 Å². The van der Waals surface area contributed by atoms with Crippen molar-refractivity contribution in [1.29, 1.82) is 0 Å². The van der Waals surface area contributed by atoms with Gasteiger partial charge in [0, 0.05) is 21.7 Å². The summed E-state index contributed by atoms with van der Waals surface area (Å²) in [5.74, 6) is 0.941. The number of allylic oxidation sites excluding steroid dienone is 2. The Hall–Kier alpha value is -2.45. The molecular weight excluding hydrogens is 527 g/mol. The summed E-state index contributed by atoms with van der Waals surface area (Å²) in [4.78, 5) is 3.98. The molecule has 0 fully saturated rings. The zero-order chi connectivity index (χ0) is 31.6. The first-order chi connectivity index (χ1) is 19.1. The largest absolute Gasteiger partial charge is 0.334 e. The average Bonchev–Trinajstić information content (AvgIpc) is 3.18. The summed E-state index contributed by atoms with van der Waals surface area (Å²) >= 11 is 1.96. The molecule has 0 radical (unpaired) electrons. The third-order valence-corrected chi connectivity index (χ3v) is 9.92. The maximum atomic E-state index is 2.57.